The van der Waals surface area contributed by atoms with Crippen LogP contribution in [0, 0.1) is 5.82 Å². The van der Waals surface area contributed by atoms with Gasteiger partial charge in [-0.25, -0.2) is 9.37 Å². The fraction of sp³-hybridized carbons (Fsp3) is 0.357. The van der Waals surface area contributed by atoms with Crippen LogP contribution in [-0.2, 0) is 12.8 Å². The van der Waals surface area contributed by atoms with Gasteiger partial charge in [-0.3, -0.25) is 0 Å². The zero-order chi connectivity index (χ0) is 13.0. The minimum atomic E-state index is -0.193. The maximum Gasteiger partial charge on any atom is 0.123 e. The lowest BCUT2D eigenvalue weighted by molar-refractivity contribution is 0.612. The maximum absolute atomic E-state index is 12.8. The summed E-state index contributed by atoms with van der Waals surface area (Å²) in [4.78, 5) is 5.70. The van der Waals surface area contributed by atoms with Crippen LogP contribution in [-0.4, -0.2) is 18.1 Å². The van der Waals surface area contributed by atoms with Crippen LogP contribution in [0.25, 0.3) is 0 Å². The molecule has 1 atom stereocenters. The van der Waals surface area contributed by atoms with Gasteiger partial charge in [0.2, 0.25) is 0 Å². The molecule has 18 heavy (non-hydrogen) atoms. The number of rotatable bonds is 5. The van der Waals surface area contributed by atoms with Gasteiger partial charge >= 0.3 is 0 Å². The standard InChI is InChI=1S/C14H17FN2S/c1-10(16-2)7-13-9-17-14(18-13)8-11-3-5-12(15)6-4-11/h3-6,9-10,16H,7-8H2,1-2H3. The topological polar surface area (TPSA) is 24.9 Å². The normalized spacial score (nSPS) is 12.6. The molecule has 4 heteroatoms. The zero-order valence-corrected chi connectivity index (χ0v) is 11.4. The van der Waals surface area contributed by atoms with E-state index in [2.05, 4.69) is 17.2 Å². The van der Waals surface area contributed by atoms with Crippen molar-refractivity contribution >= 4 is 11.3 Å². The Labute approximate surface area is 111 Å². The van der Waals surface area contributed by atoms with Crippen LogP contribution in [0.5, 0.6) is 0 Å². The van der Waals surface area contributed by atoms with E-state index in [1.54, 1.807) is 11.3 Å². The Bertz CT molecular complexity index is 493. The van der Waals surface area contributed by atoms with E-state index in [4.69, 9.17) is 0 Å². The van der Waals surface area contributed by atoms with Crippen LogP contribution in [0.3, 0.4) is 0 Å². The highest BCUT2D eigenvalue weighted by molar-refractivity contribution is 7.11. The number of nitrogens with zero attached hydrogens (tertiary/aromatic N) is 1. The average Bonchev–Trinajstić information content (AvgIpc) is 2.79. The number of benzene rings is 1. The quantitative estimate of drug-likeness (QED) is 0.898. The van der Waals surface area contributed by atoms with Crippen molar-refractivity contribution in [3.05, 3.63) is 51.7 Å². The van der Waals surface area contributed by atoms with Crippen molar-refractivity contribution in [2.75, 3.05) is 7.05 Å². The third-order valence-corrected chi connectivity index (χ3v) is 3.89. The monoisotopic (exact) mass is 264 g/mol. The van der Waals surface area contributed by atoms with Gasteiger partial charge < -0.3 is 5.32 Å². The van der Waals surface area contributed by atoms with Crippen LogP contribution in [0.4, 0.5) is 4.39 Å². The average molecular weight is 264 g/mol. The minimum absolute atomic E-state index is 0.193. The third-order valence-electron chi connectivity index (χ3n) is 2.87. The summed E-state index contributed by atoms with van der Waals surface area (Å²) in [6.45, 7) is 2.15. The predicted molar refractivity (Wildman–Crippen MR) is 73.5 cm³/mol. The lowest BCUT2D eigenvalue weighted by atomic mass is 10.2. The summed E-state index contributed by atoms with van der Waals surface area (Å²) in [7, 11) is 1.96. The molecule has 0 aliphatic carbocycles. The van der Waals surface area contributed by atoms with Gasteiger partial charge in [-0.1, -0.05) is 12.1 Å². The lowest BCUT2D eigenvalue weighted by Crippen LogP contribution is -2.22. The van der Waals surface area contributed by atoms with Crippen molar-refractivity contribution in [3.63, 3.8) is 0 Å². The third kappa shape index (κ3) is 3.62. The second kappa shape index (κ2) is 6.07. The van der Waals surface area contributed by atoms with Crippen molar-refractivity contribution < 1.29 is 4.39 Å². The molecule has 2 nitrogen and oxygen atoms in total. The fourth-order valence-corrected chi connectivity index (χ4v) is 2.79. The molecule has 0 amide bonds. The summed E-state index contributed by atoms with van der Waals surface area (Å²) in [6, 6.07) is 7.07. The van der Waals surface area contributed by atoms with E-state index in [1.807, 2.05) is 25.4 Å². The summed E-state index contributed by atoms with van der Waals surface area (Å²) in [5.74, 6) is -0.193. The van der Waals surface area contributed by atoms with Crippen LogP contribution in [0.2, 0.25) is 0 Å². The first-order valence-corrected chi connectivity index (χ1v) is 6.84. The van der Waals surface area contributed by atoms with Gasteiger partial charge in [0, 0.05) is 23.5 Å². The van der Waals surface area contributed by atoms with Crippen molar-refractivity contribution in [2.45, 2.75) is 25.8 Å². The number of hydrogen-bond acceptors (Lipinski definition) is 3. The van der Waals surface area contributed by atoms with E-state index < -0.39 is 0 Å². The lowest BCUT2D eigenvalue weighted by Gasteiger charge is -2.06. The fourth-order valence-electron chi connectivity index (χ4n) is 1.70. The van der Waals surface area contributed by atoms with Gasteiger partial charge in [-0.05, 0) is 38.1 Å². The summed E-state index contributed by atoms with van der Waals surface area (Å²) in [5, 5.41) is 4.30. The molecule has 96 valence electrons. The molecule has 1 aromatic heterocycles. The zero-order valence-electron chi connectivity index (χ0n) is 10.6. The SMILES string of the molecule is CNC(C)Cc1cnc(Cc2ccc(F)cc2)s1. The molecule has 2 aromatic rings. The molecule has 1 N–H and O–H groups in total. The Morgan fingerprint density at radius 3 is 2.72 bits per heavy atom. The van der Waals surface area contributed by atoms with Crippen molar-refractivity contribution in [2.24, 2.45) is 0 Å². The molecule has 0 bridgehead atoms. The first-order valence-electron chi connectivity index (χ1n) is 6.02. The largest absolute Gasteiger partial charge is 0.317 e. The van der Waals surface area contributed by atoms with E-state index >= 15 is 0 Å². The number of aromatic nitrogens is 1. The van der Waals surface area contributed by atoms with Crippen LogP contribution >= 0.6 is 11.3 Å². The summed E-state index contributed by atoms with van der Waals surface area (Å²) < 4.78 is 12.8. The highest BCUT2D eigenvalue weighted by Gasteiger charge is 2.06. The number of likely N-dealkylation sites (N-methyl/N-ethyl adjacent to an activating group) is 1. The highest BCUT2D eigenvalue weighted by Crippen LogP contribution is 2.18. The van der Waals surface area contributed by atoms with Gasteiger partial charge in [-0.15, -0.1) is 11.3 Å². The van der Waals surface area contributed by atoms with Gasteiger partial charge in [0.1, 0.15) is 5.82 Å². The Balaban J connectivity index is 2.00. The molecule has 0 saturated carbocycles. The van der Waals surface area contributed by atoms with Crippen molar-refractivity contribution in [3.8, 4) is 0 Å². The molecule has 0 aliphatic heterocycles. The predicted octanol–water partition coefficient (Wildman–Crippen LogP) is 3.02. The van der Waals surface area contributed by atoms with Crippen LogP contribution in [0.1, 0.15) is 22.4 Å². The highest BCUT2D eigenvalue weighted by atomic mass is 32.1. The molecule has 1 heterocycles. The molecule has 0 radical (unpaired) electrons. The van der Waals surface area contributed by atoms with Gasteiger partial charge in [0.15, 0.2) is 0 Å². The van der Waals surface area contributed by atoms with E-state index in [0.717, 1.165) is 23.4 Å². The van der Waals surface area contributed by atoms with Crippen molar-refractivity contribution in [1.29, 1.82) is 0 Å². The molecular formula is C14H17FN2S. The van der Waals surface area contributed by atoms with Crippen molar-refractivity contribution in [1.82, 2.24) is 10.3 Å². The van der Waals surface area contributed by atoms with Crippen LogP contribution < -0.4 is 5.32 Å². The van der Waals surface area contributed by atoms with Gasteiger partial charge in [-0.2, -0.15) is 0 Å². The molecule has 0 aliphatic rings. The molecule has 0 fully saturated rings. The van der Waals surface area contributed by atoms with E-state index in [-0.39, 0.29) is 5.82 Å². The Morgan fingerprint density at radius 2 is 2.06 bits per heavy atom. The van der Waals surface area contributed by atoms with E-state index in [9.17, 15) is 4.39 Å². The maximum atomic E-state index is 12.8. The molecule has 1 unspecified atom stereocenters. The van der Waals surface area contributed by atoms with E-state index in [1.165, 1.54) is 17.0 Å². The molecular weight excluding hydrogens is 247 g/mol. The first-order chi connectivity index (χ1) is 8.67. The number of hydrogen-bond donors (Lipinski definition) is 1. The molecule has 2 rings (SSSR count). The van der Waals surface area contributed by atoms with Gasteiger partial charge in [0.25, 0.3) is 0 Å². The number of nitrogens with one attached hydrogen (secondary N) is 1. The minimum Gasteiger partial charge on any atom is -0.317 e. The van der Waals surface area contributed by atoms with E-state index in [0.29, 0.717) is 6.04 Å². The Morgan fingerprint density at radius 1 is 1.33 bits per heavy atom. The summed E-state index contributed by atoms with van der Waals surface area (Å²) in [6.07, 6.45) is 3.72. The molecule has 0 saturated heterocycles. The molecule has 0 spiro atoms. The second-order valence-corrected chi connectivity index (χ2v) is 5.62. The first kappa shape index (κ1) is 13.2. The summed E-state index contributed by atoms with van der Waals surface area (Å²) >= 11 is 1.73. The van der Waals surface area contributed by atoms with Crippen LogP contribution in [0.15, 0.2) is 30.5 Å². The number of thiazole rings is 1. The molecule has 1 aromatic carbocycles. The summed E-state index contributed by atoms with van der Waals surface area (Å²) in [5.41, 5.74) is 1.10. The number of halogens is 1. The Kier molecular flexibility index (Phi) is 4.44. The van der Waals surface area contributed by atoms with Gasteiger partial charge in [0.05, 0.1) is 5.01 Å². The second-order valence-electron chi connectivity index (χ2n) is 4.42. The smallest absolute Gasteiger partial charge is 0.123 e. The Hall–Kier alpha value is -1.26.